The molecule has 2 aromatic heterocycles. The lowest BCUT2D eigenvalue weighted by molar-refractivity contribution is -0.113. The molecule has 1 N–H and O–H groups in total. The van der Waals surface area contributed by atoms with Gasteiger partial charge >= 0.3 is 5.69 Å². The molecule has 4 rings (SSSR count). The number of thioether (sulfide) groups is 1. The fourth-order valence-electron chi connectivity index (χ4n) is 4.30. The highest BCUT2D eigenvalue weighted by atomic mass is 32.2. The van der Waals surface area contributed by atoms with Crippen molar-refractivity contribution in [2.75, 3.05) is 11.1 Å². The minimum Gasteiger partial charge on any atom is -0.325 e. The summed E-state index contributed by atoms with van der Waals surface area (Å²) >= 11 is 1.21. The van der Waals surface area contributed by atoms with Gasteiger partial charge in [0.25, 0.3) is 5.56 Å². The minimum absolute atomic E-state index is 0.0929. The van der Waals surface area contributed by atoms with Gasteiger partial charge in [-0.25, -0.2) is 14.8 Å². The second-order valence-corrected chi connectivity index (χ2v) is 9.67. The van der Waals surface area contributed by atoms with Crippen molar-refractivity contribution in [3.05, 3.63) is 56.0 Å². The molecule has 0 bridgehead atoms. The van der Waals surface area contributed by atoms with Crippen LogP contribution in [0.15, 0.2) is 32.8 Å². The van der Waals surface area contributed by atoms with Gasteiger partial charge in [0.2, 0.25) is 5.91 Å². The summed E-state index contributed by atoms with van der Waals surface area (Å²) < 4.78 is 2.46. The number of carbonyl (C=O) groups is 1. The van der Waals surface area contributed by atoms with Crippen LogP contribution in [0.4, 0.5) is 5.69 Å². The molecule has 1 amide bonds. The zero-order valence-corrected chi connectivity index (χ0v) is 20.3. The topological polar surface area (TPSA) is 98.9 Å². The van der Waals surface area contributed by atoms with Crippen LogP contribution in [0.5, 0.6) is 0 Å². The molecule has 0 atom stereocenters. The van der Waals surface area contributed by atoms with Crippen LogP contribution in [0.25, 0.3) is 11.0 Å². The number of nitrogens with one attached hydrogen (secondary N) is 1. The van der Waals surface area contributed by atoms with E-state index in [2.05, 4.69) is 10.3 Å². The number of amides is 1. The third-order valence-corrected chi connectivity index (χ3v) is 7.45. The molecule has 0 spiro atoms. The number of benzene rings is 1. The Kier molecular flexibility index (Phi) is 6.69. The molecule has 1 aromatic carbocycles. The molecular weight excluding hydrogens is 438 g/mol. The van der Waals surface area contributed by atoms with Gasteiger partial charge in [-0.05, 0) is 43.9 Å². The number of rotatable bonds is 5. The minimum atomic E-state index is -0.444. The number of hydrogen-bond donors (Lipinski definition) is 1. The number of aryl methyl sites for hydroxylation is 2. The standard InChI is InChI=1S/C24H29N5O3S/c1-14-9-8-12-17(15(14)2)25-18(30)13-33-22-19-21(28(3)24(32)29(4)23(19)31)26-20(27-22)16-10-6-5-7-11-16/h8-9,12,16H,5-7,10-11,13H2,1-4H3,(H,25,30). The van der Waals surface area contributed by atoms with Crippen LogP contribution in [-0.2, 0) is 18.9 Å². The van der Waals surface area contributed by atoms with Crippen LogP contribution >= 0.6 is 11.8 Å². The predicted octanol–water partition coefficient (Wildman–Crippen LogP) is 3.42. The van der Waals surface area contributed by atoms with Crippen LogP contribution in [0, 0.1) is 13.8 Å². The van der Waals surface area contributed by atoms with Crippen molar-refractivity contribution in [1.82, 2.24) is 19.1 Å². The van der Waals surface area contributed by atoms with Crippen LogP contribution in [0.3, 0.4) is 0 Å². The summed E-state index contributed by atoms with van der Waals surface area (Å²) in [6.07, 6.45) is 5.40. The van der Waals surface area contributed by atoms with E-state index in [9.17, 15) is 14.4 Å². The first-order valence-electron chi connectivity index (χ1n) is 11.2. The van der Waals surface area contributed by atoms with Gasteiger partial charge in [-0.15, -0.1) is 0 Å². The zero-order chi connectivity index (χ0) is 23.7. The fraction of sp³-hybridized carbons (Fsp3) is 0.458. The van der Waals surface area contributed by atoms with Crippen molar-refractivity contribution in [3.8, 4) is 0 Å². The van der Waals surface area contributed by atoms with E-state index in [4.69, 9.17) is 4.98 Å². The van der Waals surface area contributed by atoms with Crippen molar-refractivity contribution in [2.24, 2.45) is 14.1 Å². The normalized spacial score (nSPS) is 14.5. The SMILES string of the molecule is Cc1cccc(NC(=O)CSc2nc(C3CCCCC3)nc3c2c(=O)n(C)c(=O)n3C)c1C. The summed E-state index contributed by atoms with van der Waals surface area (Å²) in [5, 5.41) is 3.69. The summed E-state index contributed by atoms with van der Waals surface area (Å²) in [5.41, 5.74) is 2.35. The van der Waals surface area contributed by atoms with E-state index in [0.29, 0.717) is 16.5 Å². The lowest BCUT2D eigenvalue weighted by atomic mass is 9.89. The van der Waals surface area contributed by atoms with Crippen molar-refractivity contribution in [3.63, 3.8) is 0 Å². The Balaban J connectivity index is 1.70. The van der Waals surface area contributed by atoms with Crippen molar-refractivity contribution in [1.29, 1.82) is 0 Å². The predicted molar refractivity (Wildman–Crippen MR) is 131 cm³/mol. The zero-order valence-electron chi connectivity index (χ0n) is 19.5. The van der Waals surface area contributed by atoms with Crippen molar-refractivity contribution < 1.29 is 4.79 Å². The van der Waals surface area contributed by atoms with Gasteiger partial charge in [-0.3, -0.25) is 18.7 Å². The Morgan fingerprint density at radius 2 is 1.82 bits per heavy atom. The maximum atomic E-state index is 13.0. The molecule has 1 fully saturated rings. The Morgan fingerprint density at radius 3 is 2.55 bits per heavy atom. The molecule has 0 saturated heterocycles. The molecule has 3 aromatic rings. The summed E-state index contributed by atoms with van der Waals surface area (Å²) in [6.45, 7) is 3.97. The number of anilines is 1. The lowest BCUT2D eigenvalue weighted by Crippen LogP contribution is -2.38. The molecule has 8 nitrogen and oxygen atoms in total. The monoisotopic (exact) mass is 467 g/mol. The number of aromatic nitrogens is 4. The second kappa shape index (κ2) is 9.51. The third-order valence-electron chi connectivity index (χ3n) is 6.47. The van der Waals surface area contributed by atoms with Gasteiger partial charge in [0.1, 0.15) is 16.2 Å². The number of carbonyl (C=O) groups excluding carboxylic acids is 1. The van der Waals surface area contributed by atoms with Gasteiger partial charge < -0.3 is 5.32 Å². The van der Waals surface area contributed by atoms with Gasteiger partial charge in [-0.2, -0.15) is 0 Å². The van der Waals surface area contributed by atoms with Gasteiger partial charge in [-0.1, -0.05) is 43.2 Å². The number of nitrogens with zero attached hydrogens (tertiary/aromatic N) is 4. The van der Waals surface area contributed by atoms with E-state index >= 15 is 0 Å². The van der Waals surface area contributed by atoms with Crippen LogP contribution < -0.4 is 16.6 Å². The molecule has 2 heterocycles. The molecule has 33 heavy (non-hydrogen) atoms. The highest BCUT2D eigenvalue weighted by Gasteiger charge is 2.23. The molecule has 1 aliphatic carbocycles. The van der Waals surface area contributed by atoms with Crippen LogP contribution in [0.1, 0.15) is 55.0 Å². The Morgan fingerprint density at radius 1 is 1.09 bits per heavy atom. The highest BCUT2D eigenvalue weighted by molar-refractivity contribution is 8.00. The lowest BCUT2D eigenvalue weighted by Gasteiger charge is -2.21. The smallest absolute Gasteiger partial charge is 0.325 e. The molecule has 9 heteroatoms. The highest BCUT2D eigenvalue weighted by Crippen LogP contribution is 2.33. The molecule has 174 valence electrons. The Hall–Kier alpha value is -2.94. The molecule has 1 saturated carbocycles. The Bertz CT molecular complexity index is 1340. The largest absolute Gasteiger partial charge is 0.332 e. The summed E-state index contributed by atoms with van der Waals surface area (Å²) in [4.78, 5) is 47.7. The van der Waals surface area contributed by atoms with Crippen LogP contribution in [-0.4, -0.2) is 30.8 Å². The van der Waals surface area contributed by atoms with Crippen molar-refractivity contribution in [2.45, 2.75) is 56.9 Å². The maximum absolute atomic E-state index is 13.0. The first-order valence-corrected chi connectivity index (χ1v) is 12.2. The Labute approximate surface area is 196 Å². The van der Waals surface area contributed by atoms with Gasteiger partial charge in [0.15, 0.2) is 5.65 Å². The summed E-state index contributed by atoms with van der Waals surface area (Å²) in [5.74, 6) is 0.768. The van der Waals surface area contributed by atoms with E-state index < -0.39 is 11.2 Å². The van der Waals surface area contributed by atoms with Crippen molar-refractivity contribution >= 4 is 34.4 Å². The van der Waals surface area contributed by atoms with E-state index in [1.807, 2.05) is 32.0 Å². The first-order chi connectivity index (χ1) is 15.8. The van der Waals surface area contributed by atoms with E-state index in [1.54, 1.807) is 7.05 Å². The molecule has 0 aliphatic heterocycles. The number of hydrogen-bond acceptors (Lipinski definition) is 6. The molecular formula is C24H29N5O3S. The quantitative estimate of drug-likeness (QED) is 0.456. The van der Waals surface area contributed by atoms with E-state index in [-0.39, 0.29) is 23.0 Å². The molecule has 0 unspecified atom stereocenters. The van der Waals surface area contributed by atoms with Gasteiger partial charge in [0.05, 0.1) is 5.75 Å². The van der Waals surface area contributed by atoms with E-state index in [1.165, 1.54) is 29.8 Å². The molecule has 0 radical (unpaired) electrons. The fourth-order valence-corrected chi connectivity index (χ4v) is 5.12. The maximum Gasteiger partial charge on any atom is 0.332 e. The van der Waals surface area contributed by atoms with Crippen LogP contribution in [0.2, 0.25) is 0 Å². The summed E-state index contributed by atoms with van der Waals surface area (Å²) in [6, 6.07) is 5.78. The second-order valence-electron chi connectivity index (χ2n) is 8.71. The average Bonchev–Trinajstić information content (AvgIpc) is 2.83. The third kappa shape index (κ3) is 4.59. The first kappa shape index (κ1) is 23.2. The average molecular weight is 468 g/mol. The van der Waals surface area contributed by atoms with Gasteiger partial charge in [0, 0.05) is 25.7 Å². The summed E-state index contributed by atoms with van der Waals surface area (Å²) in [7, 11) is 3.06. The van der Waals surface area contributed by atoms with E-state index in [0.717, 1.165) is 47.1 Å². The number of fused-ring (bicyclic) bond motifs is 1. The molecule has 1 aliphatic rings.